The Morgan fingerprint density at radius 3 is 1.30 bits per heavy atom. The van der Waals surface area contributed by atoms with Gasteiger partial charge < -0.3 is 30.3 Å². The third-order valence-corrected chi connectivity index (χ3v) is 10.2. The zero-order valence-electron chi connectivity index (χ0n) is 32.9. The number of hydrogen-bond acceptors (Lipinski definition) is 11. The highest BCUT2D eigenvalue weighted by molar-refractivity contribution is 7.99. The molecule has 4 aromatic heterocycles. The fourth-order valence-corrected chi connectivity index (χ4v) is 6.55. The summed E-state index contributed by atoms with van der Waals surface area (Å²) in [5.41, 5.74) is 7.25. The molecule has 6 aromatic rings. The standard InChI is InChI=1S/C44H42N8O4S/c1-25-41(29(5)55-51-25)35-19-23-39(49-43(53)27(3)45-7)47-37(35)21-13-31-9-15-33(16-10-31)57-34-17-11-32(12-18-34)14-22-38-36(42-26(2)52-56-30(42)6)20-24-40(48-38)50-44(54)28(4)46-8/h9-12,15-20,23-24,27-28,45-46H,1-8H3,(H,47,49,53)(H,48,50,54)/t27-,28-/m0/s1. The molecule has 57 heavy (non-hydrogen) atoms. The van der Waals surface area contributed by atoms with Gasteiger partial charge in [0, 0.05) is 32.0 Å². The van der Waals surface area contributed by atoms with Crippen molar-refractivity contribution in [3.8, 4) is 45.9 Å². The van der Waals surface area contributed by atoms with E-state index in [1.54, 1.807) is 51.8 Å². The Morgan fingerprint density at radius 1 is 0.579 bits per heavy atom. The number of hydrogen-bond donors (Lipinski definition) is 4. The van der Waals surface area contributed by atoms with Crippen molar-refractivity contribution in [1.29, 1.82) is 0 Å². The van der Waals surface area contributed by atoms with Crippen LogP contribution in [0, 0.1) is 51.4 Å². The molecule has 0 radical (unpaired) electrons. The first-order chi connectivity index (χ1) is 27.4. The van der Waals surface area contributed by atoms with Gasteiger partial charge in [-0.3, -0.25) is 9.59 Å². The maximum atomic E-state index is 12.5. The number of pyridine rings is 2. The second-order valence-corrected chi connectivity index (χ2v) is 14.4. The normalized spacial score (nSPS) is 11.8. The number of anilines is 2. The van der Waals surface area contributed by atoms with Crippen LogP contribution in [0.2, 0.25) is 0 Å². The molecule has 12 nitrogen and oxygen atoms in total. The summed E-state index contributed by atoms with van der Waals surface area (Å²) < 4.78 is 10.8. The molecular formula is C44H42N8O4S. The van der Waals surface area contributed by atoms with Crippen LogP contribution in [-0.2, 0) is 9.59 Å². The van der Waals surface area contributed by atoms with Gasteiger partial charge in [0.1, 0.15) is 34.5 Å². The highest BCUT2D eigenvalue weighted by atomic mass is 32.2. The Morgan fingerprint density at radius 2 is 0.965 bits per heavy atom. The fourth-order valence-electron chi connectivity index (χ4n) is 5.73. The molecule has 0 fully saturated rings. The number of aryl methyl sites for hydroxylation is 4. The topological polar surface area (TPSA) is 160 Å². The van der Waals surface area contributed by atoms with Gasteiger partial charge in [-0.15, -0.1) is 0 Å². The summed E-state index contributed by atoms with van der Waals surface area (Å²) in [5.74, 6) is 14.6. The van der Waals surface area contributed by atoms with Crippen LogP contribution in [0.1, 0.15) is 59.3 Å². The summed E-state index contributed by atoms with van der Waals surface area (Å²) in [5, 5.41) is 19.8. The van der Waals surface area contributed by atoms with Crippen molar-refractivity contribution in [3.05, 3.63) is 118 Å². The molecule has 288 valence electrons. The van der Waals surface area contributed by atoms with Crippen LogP contribution in [0.5, 0.6) is 0 Å². The minimum absolute atomic E-state index is 0.200. The van der Waals surface area contributed by atoms with E-state index in [-0.39, 0.29) is 23.9 Å². The van der Waals surface area contributed by atoms with E-state index < -0.39 is 0 Å². The molecule has 4 N–H and O–H groups in total. The van der Waals surface area contributed by atoms with Crippen LogP contribution in [0.3, 0.4) is 0 Å². The van der Waals surface area contributed by atoms with Crippen LogP contribution in [0.25, 0.3) is 22.3 Å². The lowest BCUT2D eigenvalue weighted by Crippen LogP contribution is -2.35. The molecule has 0 spiro atoms. The van der Waals surface area contributed by atoms with E-state index >= 15 is 0 Å². The van der Waals surface area contributed by atoms with Crippen molar-refractivity contribution in [2.45, 2.75) is 63.4 Å². The van der Waals surface area contributed by atoms with Gasteiger partial charge in [0.05, 0.1) is 34.6 Å². The predicted octanol–water partition coefficient (Wildman–Crippen LogP) is 7.06. The summed E-state index contributed by atoms with van der Waals surface area (Å²) >= 11 is 1.62. The summed E-state index contributed by atoms with van der Waals surface area (Å²) in [6, 6.07) is 22.4. The molecule has 2 aromatic carbocycles. The number of amides is 2. The van der Waals surface area contributed by atoms with Gasteiger partial charge >= 0.3 is 0 Å². The van der Waals surface area contributed by atoms with Crippen molar-refractivity contribution in [2.24, 2.45) is 0 Å². The Bertz CT molecular complexity index is 2340. The first-order valence-electron chi connectivity index (χ1n) is 18.2. The highest BCUT2D eigenvalue weighted by Gasteiger charge is 2.19. The predicted molar refractivity (Wildman–Crippen MR) is 222 cm³/mol. The number of nitrogens with zero attached hydrogens (tertiary/aromatic N) is 4. The van der Waals surface area contributed by atoms with Crippen molar-refractivity contribution in [2.75, 3.05) is 24.7 Å². The third-order valence-electron chi connectivity index (χ3n) is 9.15. The molecular weight excluding hydrogens is 737 g/mol. The van der Waals surface area contributed by atoms with Gasteiger partial charge in [-0.2, -0.15) is 0 Å². The lowest BCUT2D eigenvalue weighted by Gasteiger charge is -2.12. The number of carbonyl (C=O) groups excluding carboxylic acids is 2. The summed E-state index contributed by atoms with van der Waals surface area (Å²) in [6.07, 6.45) is 0. The van der Waals surface area contributed by atoms with Crippen LogP contribution < -0.4 is 21.3 Å². The molecule has 4 heterocycles. The first-order valence-corrected chi connectivity index (χ1v) is 19.0. The largest absolute Gasteiger partial charge is 0.361 e. The molecule has 0 saturated carbocycles. The summed E-state index contributed by atoms with van der Waals surface area (Å²) in [7, 11) is 3.45. The molecule has 6 rings (SSSR count). The van der Waals surface area contributed by atoms with Crippen LogP contribution in [0.4, 0.5) is 11.6 Å². The smallest absolute Gasteiger partial charge is 0.242 e. The van der Waals surface area contributed by atoms with E-state index in [4.69, 9.17) is 19.0 Å². The van der Waals surface area contributed by atoms with Crippen molar-refractivity contribution >= 4 is 35.2 Å². The lowest BCUT2D eigenvalue weighted by molar-refractivity contribution is -0.118. The monoisotopic (exact) mass is 778 g/mol. The van der Waals surface area contributed by atoms with E-state index in [1.165, 1.54) is 0 Å². The Kier molecular flexibility index (Phi) is 12.7. The third kappa shape index (κ3) is 9.66. The van der Waals surface area contributed by atoms with Gasteiger partial charge in [-0.05, 0) is 140 Å². The Balaban J connectivity index is 1.19. The number of aromatic nitrogens is 4. The van der Waals surface area contributed by atoms with E-state index in [1.807, 2.05) is 88.4 Å². The number of nitrogens with one attached hydrogen (secondary N) is 4. The fraction of sp³-hybridized carbons (Fsp3) is 0.227. The Labute approximate surface area is 336 Å². The second-order valence-electron chi connectivity index (χ2n) is 13.2. The molecule has 0 saturated heterocycles. The van der Waals surface area contributed by atoms with E-state index in [9.17, 15) is 9.59 Å². The van der Waals surface area contributed by atoms with Crippen molar-refractivity contribution < 1.29 is 18.6 Å². The Hall–Kier alpha value is -6.51. The molecule has 0 aliphatic heterocycles. The maximum absolute atomic E-state index is 12.5. The molecule has 2 atom stereocenters. The molecule has 0 aliphatic rings. The lowest BCUT2D eigenvalue weighted by atomic mass is 10.0. The SMILES string of the molecule is CN[C@@H](C)C(=O)Nc1ccc(-c2c(C)noc2C)c(C#Cc2ccc(Sc3ccc(C#Cc4nc(NC(=O)[C@H](C)NC)ccc4-c4c(C)noc4C)cc3)cc2)n1. The minimum atomic E-state index is -0.387. The molecule has 0 bridgehead atoms. The van der Waals surface area contributed by atoms with Crippen LogP contribution in [0.15, 0.2) is 91.6 Å². The van der Waals surface area contributed by atoms with Crippen LogP contribution >= 0.6 is 11.8 Å². The minimum Gasteiger partial charge on any atom is -0.361 e. The summed E-state index contributed by atoms with van der Waals surface area (Å²) in [6.45, 7) is 11.0. The number of likely N-dealkylation sites (N-methyl/N-ethyl adjacent to an activating group) is 2. The molecule has 2 amide bonds. The van der Waals surface area contributed by atoms with Crippen molar-refractivity contribution in [1.82, 2.24) is 30.9 Å². The van der Waals surface area contributed by atoms with E-state index in [2.05, 4.69) is 55.3 Å². The van der Waals surface area contributed by atoms with Gasteiger partial charge in [0.25, 0.3) is 0 Å². The van der Waals surface area contributed by atoms with E-state index in [0.717, 1.165) is 54.6 Å². The zero-order valence-corrected chi connectivity index (χ0v) is 33.7. The van der Waals surface area contributed by atoms with Crippen molar-refractivity contribution in [3.63, 3.8) is 0 Å². The first kappa shape index (κ1) is 40.2. The average molecular weight is 779 g/mol. The quantitative estimate of drug-likeness (QED) is 0.105. The second kappa shape index (κ2) is 18.0. The number of rotatable bonds is 10. The molecule has 0 aliphatic carbocycles. The summed E-state index contributed by atoms with van der Waals surface area (Å²) in [4.78, 5) is 36.6. The van der Waals surface area contributed by atoms with Crippen LogP contribution in [-0.4, -0.2) is 58.3 Å². The molecule has 0 unspecified atom stereocenters. The average Bonchev–Trinajstić information content (AvgIpc) is 3.74. The van der Waals surface area contributed by atoms with Gasteiger partial charge in [-0.25, -0.2) is 9.97 Å². The zero-order chi connectivity index (χ0) is 40.6. The van der Waals surface area contributed by atoms with Gasteiger partial charge in [0.15, 0.2) is 0 Å². The van der Waals surface area contributed by atoms with E-state index in [0.29, 0.717) is 34.5 Å². The maximum Gasteiger partial charge on any atom is 0.242 e. The van der Waals surface area contributed by atoms with Gasteiger partial charge in [0.2, 0.25) is 11.8 Å². The van der Waals surface area contributed by atoms with Gasteiger partial charge in [-0.1, -0.05) is 33.9 Å². The molecule has 13 heteroatoms. The highest BCUT2D eigenvalue weighted by Crippen LogP contribution is 2.32. The number of benzene rings is 2. The number of carbonyl (C=O) groups is 2.